The standard InChI is InChI=1S/C12H14F2O/c13-10-6-3-5-9(12(10)14)8-4-1-2-7-11(8)15/h3,5-6,8,11,15H,1-2,4,7H2/t8?,11-/m0/s1. The summed E-state index contributed by atoms with van der Waals surface area (Å²) in [5.41, 5.74) is 0.321. The molecule has 2 rings (SSSR count). The highest BCUT2D eigenvalue weighted by Crippen LogP contribution is 2.34. The van der Waals surface area contributed by atoms with Gasteiger partial charge in [0.05, 0.1) is 6.10 Å². The van der Waals surface area contributed by atoms with Crippen LogP contribution in [0.1, 0.15) is 37.2 Å². The minimum Gasteiger partial charge on any atom is -0.392 e. The Balaban J connectivity index is 2.31. The molecule has 0 bridgehead atoms. The van der Waals surface area contributed by atoms with Crippen molar-refractivity contribution in [2.24, 2.45) is 0 Å². The monoisotopic (exact) mass is 212 g/mol. The second kappa shape index (κ2) is 4.27. The van der Waals surface area contributed by atoms with Crippen LogP contribution in [0.25, 0.3) is 0 Å². The molecule has 1 saturated carbocycles. The lowest BCUT2D eigenvalue weighted by Gasteiger charge is -2.28. The Labute approximate surface area is 87.7 Å². The van der Waals surface area contributed by atoms with Gasteiger partial charge in [-0.2, -0.15) is 0 Å². The van der Waals surface area contributed by atoms with Crippen molar-refractivity contribution in [2.45, 2.75) is 37.7 Å². The SMILES string of the molecule is O[C@H]1CCCCC1c1cccc(F)c1F. The zero-order valence-electron chi connectivity index (χ0n) is 8.42. The van der Waals surface area contributed by atoms with Crippen LogP contribution in [-0.4, -0.2) is 11.2 Å². The number of benzene rings is 1. The minimum atomic E-state index is -0.828. The zero-order chi connectivity index (χ0) is 10.8. The molecule has 82 valence electrons. The summed E-state index contributed by atoms with van der Waals surface area (Å²) >= 11 is 0. The molecule has 1 unspecified atom stereocenters. The molecule has 2 atom stereocenters. The Hall–Kier alpha value is -0.960. The first kappa shape index (κ1) is 10.6. The van der Waals surface area contributed by atoms with Gasteiger partial charge >= 0.3 is 0 Å². The summed E-state index contributed by atoms with van der Waals surface area (Å²) in [4.78, 5) is 0. The molecule has 0 aromatic heterocycles. The summed E-state index contributed by atoms with van der Waals surface area (Å²) in [6.07, 6.45) is 2.82. The molecule has 1 aromatic carbocycles. The molecule has 0 amide bonds. The molecule has 1 aromatic rings. The van der Waals surface area contributed by atoms with E-state index in [0.717, 1.165) is 25.3 Å². The van der Waals surface area contributed by atoms with Crippen molar-refractivity contribution in [3.05, 3.63) is 35.4 Å². The Morgan fingerprint density at radius 1 is 1.13 bits per heavy atom. The van der Waals surface area contributed by atoms with Crippen molar-refractivity contribution in [2.75, 3.05) is 0 Å². The molecule has 1 nitrogen and oxygen atoms in total. The first-order chi connectivity index (χ1) is 7.20. The third-order valence-electron chi connectivity index (χ3n) is 3.11. The van der Waals surface area contributed by atoms with E-state index in [-0.39, 0.29) is 5.92 Å². The topological polar surface area (TPSA) is 20.2 Å². The molecule has 1 fully saturated rings. The van der Waals surface area contributed by atoms with Gasteiger partial charge in [-0.3, -0.25) is 0 Å². The van der Waals surface area contributed by atoms with Gasteiger partial charge in [0.1, 0.15) is 0 Å². The molecule has 1 aliphatic carbocycles. The van der Waals surface area contributed by atoms with E-state index in [4.69, 9.17) is 0 Å². The summed E-state index contributed by atoms with van der Waals surface area (Å²) < 4.78 is 26.5. The number of aliphatic hydroxyl groups is 1. The van der Waals surface area contributed by atoms with Gasteiger partial charge in [0.25, 0.3) is 0 Å². The highest BCUT2D eigenvalue weighted by molar-refractivity contribution is 5.24. The Morgan fingerprint density at radius 2 is 1.87 bits per heavy atom. The van der Waals surface area contributed by atoms with Gasteiger partial charge in [-0.25, -0.2) is 8.78 Å². The highest BCUT2D eigenvalue weighted by Gasteiger charge is 2.27. The normalized spacial score (nSPS) is 26.6. The van der Waals surface area contributed by atoms with E-state index in [1.54, 1.807) is 6.07 Å². The molecule has 0 radical (unpaired) electrons. The van der Waals surface area contributed by atoms with Crippen LogP contribution in [0.5, 0.6) is 0 Å². The fraction of sp³-hybridized carbons (Fsp3) is 0.500. The number of hydrogen-bond acceptors (Lipinski definition) is 1. The molecule has 0 saturated heterocycles. The van der Waals surface area contributed by atoms with Gasteiger partial charge in [-0.1, -0.05) is 25.0 Å². The van der Waals surface area contributed by atoms with Crippen molar-refractivity contribution < 1.29 is 13.9 Å². The van der Waals surface area contributed by atoms with Crippen LogP contribution in [0.4, 0.5) is 8.78 Å². The molecule has 0 aliphatic heterocycles. The summed E-state index contributed by atoms with van der Waals surface area (Å²) in [6.45, 7) is 0. The third kappa shape index (κ3) is 2.02. The molecule has 0 spiro atoms. The van der Waals surface area contributed by atoms with E-state index >= 15 is 0 Å². The van der Waals surface area contributed by atoms with E-state index in [1.165, 1.54) is 6.07 Å². The Kier molecular flexibility index (Phi) is 3.00. The third-order valence-corrected chi connectivity index (χ3v) is 3.11. The predicted molar refractivity (Wildman–Crippen MR) is 53.6 cm³/mol. The van der Waals surface area contributed by atoms with Crippen molar-refractivity contribution in [3.63, 3.8) is 0 Å². The summed E-state index contributed by atoms with van der Waals surface area (Å²) in [7, 11) is 0. The maximum absolute atomic E-state index is 13.5. The fourth-order valence-corrected chi connectivity index (χ4v) is 2.28. The zero-order valence-corrected chi connectivity index (χ0v) is 8.42. The molecule has 0 heterocycles. The summed E-state index contributed by atoms with van der Waals surface area (Å²) in [5, 5.41) is 9.75. The van der Waals surface area contributed by atoms with E-state index in [2.05, 4.69) is 0 Å². The average molecular weight is 212 g/mol. The van der Waals surface area contributed by atoms with Crippen LogP contribution in [-0.2, 0) is 0 Å². The summed E-state index contributed by atoms with van der Waals surface area (Å²) in [6, 6.07) is 4.17. The van der Waals surface area contributed by atoms with Gasteiger partial charge in [-0.05, 0) is 24.5 Å². The van der Waals surface area contributed by atoms with Crippen LogP contribution in [0.2, 0.25) is 0 Å². The number of aliphatic hydroxyl groups excluding tert-OH is 1. The van der Waals surface area contributed by atoms with Gasteiger partial charge in [0.15, 0.2) is 11.6 Å². The van der Waals surface area contributed by atoms with Crippen molar-refractivity contribution >= 4 is 0 Å². The van der Waals surface area contributed by atoms with E-state index in [1.807, 2.05) is 0 Å². The van der Waals surface area contributed by atoms with Crippen LogP contribution >= 0.6 is 0 Å². The van der Waals surface area contributed by atoms with Crippen LogP contribution < -0.4 is 0 Å². The van der Waals surface area contributed by atoms with Crippen molar-refractivity contribution in [3.8, 4) is 0 Å². The predicted octanol–water partition coefficient (Wildman–Crippen LogP) is 2.98. The fourth-order valence-electron chi connectivity index (χ4n) is 2.28. The highest BCUT2D eigenvalue weighted by atomic mass is 19.2. The lowest BCUT2D eigenvalue weighted by atomic mass is 9.81. The van der Waals surface area contributed by atoms with Crippen LogP contribution in [0.15, 0.2) is 18.2 Å². The smallest absolute Gasteiger partial charge is 0.162 e. The molecular formula is C12H14F2O. The van der Waals surface area contributed by atoms with Gasteiger partial charge < -0.3 is 5.11 Å². The summed E-state index contributed by atoms with van der Waals surface area (Å²) in [5.74, 6) is -1.87. The second-order valence-corrected chi connectivity index (χ2v) is 4.10. The second-order valence-electron chi connectivity index (χ2n) is 4.10. The minimum absolute atomic E-state index is 0.241. The largest absolute Gasteiger partial charge is 0.392 e. The van der Waals surface area contributed by atoms with E-state index in [0.29, 0.717) is 12.0 Å². The van der Waals surface area contributed by atoms with E-state index < -0.39 is 17.7 Å². The maximum Gasteiger partial charge on any atom is 0.162 e. The number of hydrogen-bond donors (Lipinski definition) is 1. The first-order valence-corrected chi connectivity index (χ1v) is 5.32. The van der Waals surface area contributed by atoms with Gasteiger partial charge in [-0.15, -0.1) is 0 Å². The van der Waals surface area contributed by atoms with Crippen molar-refractivity contribution in [1.29, 1.82) is 0 Å². The number of halogens is 2. The number of rotatable bonds is 1. The van der Waals surface area contributed by atoms with Gasteiger partial charge in [0, 0.05) is 5.92 Å². The van der Waals surface area contributed by atoms with Crippen LogP contribution in [0.3, 0.4) is 0 Å². The van der Waals surface area contributed by atoms with E-state index in [9.17, 15) is 13.9 Å². The average Bonchev–Trinajstić information content (AvgIpc) is 2.23. The van der Waals surface area contributed by atoms with Crippen molar-refractivity contribution in [1.82, 2.24) is 0 Å². The lowest BCUT2D eigenvalue weighted by molar-refractivity contribution is 0.104. The maximum atomic E-state index is 13.5. The molecule has 1 N–H and O–H groups in total. The Bertz CT molecular complexity index is 351. The first-order valence-electron chi connectivity index (χ1n) is 5.32. The lowest BCUT2D eigenvalue weighted by Crippen LogP contribution is -2.23. The molecule has 1 aliphatic rings. The molecule has 15 heavy (non-hydrogen) atoms. The van der Waals surface area contributed by atoms with Crippen LogP contribution in [0, 0.1) is 11.6 Å². The molecule has 3 heteroatoms. The molecular weight excluding hydrogens is 198 g/mol. The van der Waals surface area contributed by atoms with Gasteiger partial charge in [0.2, 0.25) is 0 Å². The quantitative estimate of drug-likeness (QED) is 0.758. The Morgan fingerprint density at radius 3 is 2.60 bits per heavy atom.